The molecular formula is C29H58O. The number of ether oxygens (including phenoxy) is 1. The zero-order valence-corrected chi connectivity index (χ0v) is 20.9. The van der Waals surface area contributed by atoms with Gasteiger partial charge in [0.1, 0.15) is 0 Å². The fraction of sp³-hybridized carbons (Fsp3) is 1.00. The van der Waals surface area contributed by atoms with Crippen LogP contribution in [-0.4, -0.2) is 13.2 Å². The van der Waals surface area contributed by atoms with Crippen molar-refractivity contribution >= 4 is 0 Å². The molecule has 0 aromatic rings. The molecule has 1 nitrogen and oxygen atoms in total. The maximum Gasteiger partial charge on any atom is 0.0466 e. The summed E-state index contributed by atoms with van der Waals surface area (Å²) >= 11 is 0. The van der Waals surface area contributed by atoms with Crippen molar-refractivity contribution in [2.45, 2.75) is 173 Å². The Morgan fingerprint density at radius 3 is 0.367 bits per heavy atom. The molecule has 0 atom stereocenters. The van der Waals surface area contributed by atoms with Crippen molar-refractivity contribution in [1.29, 1.82) is 0 Å². The van der Waals surface area contributed by atoms with E-state index in [1.165, 1.54) is 173 Å². The van der Waals surface area contributed by atoms with Gasteiger partial charge < -0.3 is 4.74 Å². The van der Waals surface area contributed by atoms with Gasteiger partial charge in [-0.2, -0.15) is 0 Å². The van der Waals surface area contributed by atoms with Gasteiger partial charge in [0.15, 0.2) is 0 Å². The van der Waals surface area contributed by atoms with Gasteiger partial charge in [-0.1, -0.05) is 154 Å². The molecule has 180 valence electrons. The quantitative estimate of drug-likeness (QED) is 0.377. The molecule has 0 bridgehead atoms. The van der Waals surface area contributed by atoms with E-state index in [1.54, 1.807) is 0 Å². The normalized spacial score (nSPS) is 24.0. The van der Waals surface area contributed by atoms with Gasteiger partial charge in [-0.05, 0) is 19.3 Å². The summed E-state index contributed by atoms with van der Waals surface area (Å²) in [7, 11) is 0. The van der Waals surface area contributed by atoms with Gasteiger partial charge in [0.05, 0.1) is 0 Å². The molecule has 5 rings (SSSR count). The Hall–Kier alpha value is -0.0400. The summed E-state index contributed by atoms with van der Waals surface area (Å²) in [5.74, 6) is 0. The molecule has 30 heavy (non-hydrogen) atoms. The second-order valence-corrected chi connectivity index (χ2v) is 10.2. The maximum absolute atomic E-state index is 5.07. The van der Waals surface area contributed by atoms with Crippen LogP contribution in [0.25, 0.3) is 0 Å². The lowest BCUT2D eigenvalue weighted by molar-refractivity contribution is 0.0968. The minimum atomic E-state index is 1.00. The van der Waals surface area contributed by atoms with Gasteiger partial charge in [0, 0.05) is 13.2 Å². The van der Waals surface area contributed by atoms with E-state index in [1.807, 2.05) is 0 Å². The SMILES string of the molecule is C1CCCCC1.C1CCCCC1.C1CCCCC1.C1CCCCC1.C1CCOCC1. The molecule has 0 spiro atoms. The Labute approximate surface area is 191 Å². The molecule has 0 unspecified atom stereocenters. The molecule has 1 saturated heterocycles. The fourth-order valence-corrected chi connectivity index (χ4v) is 4.93. The van der Waals surface area contributed by atoms with Crippen molar-refractivity contribution < 1.29 is 4.74 Å². The highest BCUT2D eigenvalue weighted by atomic mass is 16.5. The number of hydrogen-bond donors (Lipinski definition) is 0. The zero-order chi connectivity index (χ0) is 21.2. The van der Waals surface area contributed by atoms with Crippen LogP contribution in [0, 0.1) is 0 Å². The Morgan fingerprint density at radius 2 is 0.300 bits per heavy atom. The predicted molar refractivity (Wildman–Crippen MR) is 135 cm³/mol. The zero-order valence-electron chi connectivity index (χ0n) is 20.9. The maximum atomic E-state index is 5.07. The average molecular weight is 423 g/mol. The highest BCUT2D eigenvalue weighted by Crippen LogP contribution is 2.17. The Kier molecular flexibility index (Phi) is 23.5. The third-order valence-electron chi connectivity index (χ3n) is 7.08. The third kappa shape index (κ3) is 22.6. The van der Waals surface area contributed by atoms with Gasteiger partial charge in [-0.3, -0.25) is 0 Å². The van der Waals surface area contributed by atoms with E-state index in [0.717, 1.165) is 13.2 Å². The first-order valence-electron chi connectivity index (χ1n) is 14.6. The van der Waals surface area contributed by atoms with Gasteiger partial charge in [0.25, 0.3) is 0 Å². The van der Waals surface area contributed by atoms with E-state index in [2.05, 4.69) is 0 Å². The van der Waals surface area contributed by atoms with Crippen LogP contribution in [0.3, 0.4) is 0 Å². The van der Waals surface area contributed by atoms with Crippen molar-refractivity contribution in [3.63, 3.8) is 0 Å². The van der Waals surface area contributed by atoms with Gasteiger partial charge in [-0.15, -0.1) is 0 Å². The van der Waals surface area contributed by atoms with Crippen LogP contribution in [0.2, 0.25) is 0 Å². The molecule has 0 aromatic heterocycles. The number of rotatable bonds is 0. The predicted octanol–water partition coefficient (Wildman–Crippen LogP) is 10.5. The topological polar surface area (TPSA) is 9.23 Å². The van der Waals surface area contributed by atoms with Crippen molar-refractivity contribution in [2.75, 3.05) is 13.2 Å². The average Bonchev–Trinajstić information content (AvgIpc) is 2.91. The molecule has 1 aliphatic heterocycles. The summed E-state index contributed by atoms with van der Waals surface area (Å²) in [6.45, 7) is 2.00. The standard InChI is InChI=1S/4C6H12.C5H10O/c5*1-2-4-6-5-3-1/h4*1-6H2;1-5H2. The molecule has 0 amide bonds. The monoisotopic (exact) mass is 422 g/mol. The summed E-state index contributed by atoms with van der Waals surface area (Å²) < 4.78 is 5.07. The minimum Gasteiger partial charge on any atom is -0.381 e. The van der Waals surface area contributed by atoms with Crippen LogP contribution < -0.4 is 0 Å². The van der Waals surface area contributed by atoms with Crippen LogP contribution in [-0.2, 0) is 4.74 Å². The van der Waals surface area contributed by atoms with Crippen LogP contribution in [0.5, 0.6) is 0 Å². The summed E-state index contributed by atoms with van der Waals surface area (Å²) in [5.41, 5.74) is 0. The Balaban J connectivity index is 0.000000187. The van der Waals surface area contributed by atoms with Crippen molar-refractivity contribution in [2.24, 2.45) is 0 Å². The molecule has 0 aromatic carbocycles. The molecule has 0 radical (unpaired) electrons. The summed E-state index contributed by atoms with van der Waals surface area (Å²) in [5, 5.41) is 0. The smallest absolute Gasteiger partial charge is 0.0466 e. The van der Waals surface area contributed by atoms with Crippen molar-refractivity contribution in [1.82, 2.24) is 0 Å². The second-order valence-electron chi connectivity index (χ2n) is 10.2. The first-order valence-corrected chi connectivity index (χ1v) is 14.6. The molecule has 5 aliphatic rings. The summed E-state index contributed by atoms with van der Waals surface area (Å²) in [6, 6.07) is 0. The first kappa shape index (κ1) is 28.0. The van der Waals surface area contributed by atoms with E-state index in [9.17, 15) is 0 Å². The first-order chi connectivity index (χ1) is 15.0. The lowest BCUT2D eigenvalue weighted by Gasteiger charge is -2.08. The summed E-state index contributed by atoms with van der Waals surface area (Å²) in [6.07, 6.45) is 39.9. The van der Waals surface area contributed by atoms with Crippen LogP contribution in [0.15, 0.2) is 0 Å². The highest BCUT2D eigenvalue weighted by molar-refractivity contribution is 4.53. The van der Waals surface area contributed by atoms with Crippen LogP contribution >= 0.6 is 0 Å². The third-order valence-corrected chi connectivity index (χ3v) is 7.08. The molecule has 4 saturated carbocycles. The summed E-state index contributed by atoms with van der Waals surface area (Å²) in [4.78, 5) is 0. The molecule has 4 aliphatic carbocycles. The minimum absolute atomic E-state index is 1.00. The Bertz CT molecular complexity index is 154. The highest BCUT2D eigenvalue weighted by Gasteiger charge is 1.97. The van der Waals surface area contributed by atoms with Crippen molar-refractivity contribution in [3.05, 3.63) is 0 Å². The molecule has 0 N–H and O–H groups in total. The molecular weight excluding hydrogens is 364 g/mol. The van der Waals surface area contributed by atoms with Crippen LogP contribution in [0.1, 0.15) is 173 Å². The van der Waals surface area contributed by atoms with Crippen LogP contribution in [0.4, 0.5) is 0 Å². The fourth-order valence-electron chi connectivity index (χ4n) is 4.93. The van der Waals surface area contributed by atoms with E-state index in [4.69, 9.17) is 4.74 Å². The van der Waals surface area contributed by atoms with E-state index in [0.29, 0.717) is 0 Å². The molecule has 1 heterocycles. The van der Waals surface area contributed by atoms with Gasteiger partial charge >= 0.3 is 0 Å². The number of hydrogen-bond acceptors (Lipinski definition) is 1. The molecule has 5 fully saturated rings. The van der Waals surface area contributed by atoms with E-state index < -0.39 is 0 Å². The van der Waals surface area contributed by atoms with Crippen molar-refractivity contribution in [3.8, 4) is 0 Å². The van der Waals surface area contributed by atoms with E-state index in [-0.39, 0.29) is 0 Å². The van der Waals surface area contributed by atoms with E-state index >= 15 is 0 Å². The largest absolute Gasteiger partial charge is 0.381 e. The Morgan fingerprint density at radius 1 is 0.167 bits per heavy atom. The van der Waals surface area contributed by atoms with Gasteiger partial charge in [-0.25, -0.2) is 0 Å². The molecule has 1 heteroatoms. The van der Waals surface area contributed by atoms with Gasteiger partial charge in [0.2, 0.25) is 0 Å². The second kappa shape index (κ2) is 25.2. The lowest BCUT2D eigenvalue weighted by Crippen LogP contribution is -2.03. The lowest BCUT2D eigenvalue weighted by atomic mass is 10.0.